The molecule has 10 aromatic rings. The second-order valence-electron chi connectivity index (χ2n) is 13.0. The van der Waals surface area contributed by atoms with Crippen LogP contribution >= 0.6 is 19.4 Å². The molecule has 11 rings (SSSR count). The molecular formula is C46H28N3PS. The molecule has 3 heterocycles. The fourth-order valence-electron chi connectivity index (χ4n) is 7.98. The summed E-state index contributed by atoms with van der Waals surface area (Å²) in [5.41, 5.74) is 6.71. The van der Waals surface area contributed by atoms with Crippen LogP contribution in [0.2, 0.25) is 0 Å². The van der Waals surface area contributed by atoms with E-state index in [1.165, 1.54) is 69.1 Å². The maximum Gasteiger partial charge on any atom is 0.235 e. The molecule has 238 valence electrons. The van der Waals surface area contributed by atoms with Crippen LogP contribution in [0.3, 0.4) is 0 Å². The first-order chi connectivity index (χ1) is 25.3. The lowest BCUT2D eigenvalue weighted by atomic mass is 9.90. The molecule has 1 aliphatic heterocycles. The van der Waals surface area contributed by atoms with Crippen molar-refractivity contribution in [1.29, 1.82) is 0 Å². The Balaban J connectivity index is 1.38. The van der Waals surface area contributed by atoms with E-state index in [9.17, 15) is 0 Å². The number of thiophene rings is 1. The molecule has 51 heavy (non-hydrogen) atoms. The Hall–Kier alpha value is -5.93. The van der Waals surface area contributed by atoms with Crippen molar-refractivity contribution in [2.45, 2.75) is 0 Å². The molecule has 0 fully saturated rings. The van der Waals surface area contributed by atoms with E-state index in [-0.39, 0.29) is 0 Å². The largest absolute Gasteiger partial charge is 0.279 e. The minimum absolute atomic E-state index is 0.717. The summed E-state index contributed by atoms with van der Waals surface area (Å²) in [7, 11) is -1.17. The van der Waals surface area contributed by atoms with Crippen LogP contribution in [0.25, 0.3) is 75.0 Å². The van der Waals surface area contributed by atoms with Crippen LogP contribution in [0.1, 0.15) is 0 Å². The Kier molecular flexibility index (Phi) is 6.39. The Labute approximate surface area is 299 Å². The van der Waals surface area contributed by atoms with E-state index >= 15 is 0 Å². The average molecular weight is 686 g/mol. The predicted molar refractivity (Wildman–Crippen MR) is 220 cm³/mol. The summed E-state index contributed by atoms with van der Waals surface area (Å²) in [6, 6.07) is 61.4. The Morgan fingerprint density at radius 2 is 1.14 bits per heavy atom. The molecule has 0 spiro atoms. The summed E-state index contributed by atoms with van der Waals surface area (Å²) in [6.07, 6.45) is 0. The number of fused-ring (bicyclic) bond motifs is 13. The Bertz CT molecular complexity index is 2990. The third-order valence-electron chi connectivity index (χ3n) is 10.1. The zero-order chi connectivity index (χ0) is 33.5. The van der Waals surface area contributed by atoms with Crippen LogP contribution < -0.4 is 15.3 Å². The maximum atomic E-state index is 5.59. The van der Waals surface area contributed by atoms with E-state index in [1.54, 1.807) is 0 Å². The van der Waals surface area contributed by atoms with Crippen molar-refractivity contribution in [3.05, 3.63) is 170 Å². The Morgan fingerprint density at radius 1 is 0.490 bits per heavy atom. The zero-order valence-electron chi connectivity index (χ0n) is 27.4. The number of rotatable bonds is 3. The molecule has 8 aromatic carbocycles. The summed E-state index contributed by atoms with van der Waals surface area (Å²) < 4.78 is 5.11. The van der Waals surface area contributed by atoms with Gasteiger partial charge in [0.15, 0.2) is 0 Å². The molecule has 0 amide bonds. The fraction of sp³-hybridized carbons (Fsp3) is 0. The summed E-state index contributed by atoms with van der Waals surface area (Å²) in [5.74, 6) is 0.717. The van der Waals surface area contributed by atoms with Gasteiger partial charge in [-0.15, -0.1) is 11.3 Å². The van der Waals surface area contributed by atoms with E-state index < -0.39 is 8.07 Å². The van der Waals surface area contributed by atoms with Gasteiger partial charge in [0.1, 0.15) is 0 Å². The van der Waals surface area contributed by atoms with Gasteiger partial charge in [0.05, 0.1) is 25.0 Å². The van der Waals surface area contributed by atoms with Crippen molar-refractivity contribution in [2.75, 3.05) is 4.67 Å². The normalized spacial score (nSPS) is 14.0. The van der Waals surface area contributed by atoms with Crippen LogP contribution in [-0.2, 0) is 0 Å². The summed E-state index contributed by atoms with van der Waals surface area (Å²) in [5, 5.41) is 11.2. The number of anilines is 2. The highest BCUT2D eigenvalue weighted by atomic mass is 32.1. The summed E-state index contributed by atoms with van der Waals surface area (Å²) in [6.45, 7) is 0. The van der Waals surface area contributed by atoms with Gasteiger partial charge >= 0.3 is 0 Å². The van der Waals surface area contributed by atoms with E-state index in [0.717, 1.165) is 28.1 Å². The monoisotopic (exact) mass is 685 g/mol. The van der Waals surface area contributed by atoms with Crippen LogP contribution in [0.5, 0.6) is 0 Å². The van der Waals surface area contributed by atoms with E-state index in [2.05, 4.69) is 175 Å². The van der Waals surface area contributed by atoms with Gasteiger partial charge in [0.2, 0.25) is 5.95 Å². The quantitative estimate of drug-likeness (QED) is 0.173. The molecule has 3 nitrogen and oxygen atoms in total. The lowest BCUT2D eigenvalue weighted by Gasteiger charge is -2.40. The van der Waals surface area contributed by atoms with E-state index in [0.29, 0.717) is 0 Å². The first-order valence-corrected chi connectivity index (χ1v) is 19.3. The summed E-state index contributed by atoms with van der Waals surface area (Å²) >= 11 is 1.89. The lowest BCUT2D eigenvalue weighted by Crippen LogP contribution is -2.31. The fourth-order valence-corrected chi connectivity index (χ4v) is 11.7. The molecule has 2 aromatic heterocycles. The van der Waals surface area contributed by atoms with Gasteiger partial charge in [0.25, 0.3) is 0 Å². The molecule has 0 N–H and O–H groups in total. The van der Waals surface area contributed by atoms with Crippen molar-refractivity contribution in [1.82, 2.24) is 9.97 Å². The SMILES string of the molecule is c1ccc(-c2nc(N3c4c(c5ccccc5c5sc6ccccc6c45)-c4c(ccc5ccccc45)P3c3ccccc3)nc3ccccc23)cc1. The first kappa shape index (κ1) is 28.9. The summed E-state index contributed by atoms with van der Waals surface area (Å²) in [4.78, 5) is 11.1. The molecule has 0 radical (unpaired) electrons. The van der Waals surface area contributed by atoms with Crippen molar-refractivity contribution >= 4 is 94.3 Å². The molecule has 1 aliphatic rings. The number of hydrogen-bond donors (Lipinski definition) is 0. The number of nitrogens with zero attached hydrogens (tertiary/aromatic N) is 3. The molecule has 0 aliphatic carbocycles. The molecule has 5 heteroatoms. The number of para-hydroxylation sites is 1. The molecular weight excluding hydrogens is 658 g/mol. The van der Waals surface area contributed by atoms with Gasteiger partial charge in [0, 0.05) is 58.2 Å². The van der Waals surface area contributed by atoms with Gasteiger partial charge in [-0.05, 0) is 28.3 Å². The van der Waals surface area contributed by atoms with Gasteiger partial charge in [-0.25, -0.2) is 9.97 Å². The second-order valence-corrected chi connectivity index (χ2v) is 16.0. The average Bonchev–Trinajstić information content (AvgIpc) is 3.60. The van der Waals surface area contributed by atoms with Crippen molar-refractivity contribution < 1.29 is 0 Å². The molecule has 0 saturated carbocycles. The third-order valence-corrected chi connectivity index (χ3v) is 13.7. The van der Waals surface area contributed by atoms with Gasteiger partial charge in [-0.2, -0.15) is 0 Å². The first-order valence-electron chi connectivity index (χ1n) is 17.2. The number of hydrogen-bond acceptors (Lipinski definition) is 4. The highest BCUT2D eigenvalue weighted by Gasteiger charge is 2.39. The second kappa shape index (κ2) is 11.3. The standard InChI is InChI=1S/C46H28N3PS/c1-3-16-30(17-4-1)43-35-23-11-13-25-37(35)47-46(48-43)49-44-41(33-21-9-10-22-34(33)45-42(44)36-24-12-14-26-39(36)51-45)40-32-20-8-7-15-29(32)27-28-38(40)50(49)31-18-5-2-6-19-31/h1-28H. The van der Waals surface area contributed by atoms with Crippen LogP contribution in [0.4, 0.5) is 11.6 Å². The van der Waals surface area contributed by atoms with Gasteiger partial charge in [-0.3, -0.25) is 4.67 Å². The molecule has 0 bridgehead atoms. The van der Waals surface area contributed by atoms with Crippen LogP contribution in [-0.4, -0.2) is 9.97 Å². The van der Waals surface area contributed by atoms with Crippen molar-refractivity contribution in [3.8, 4) is 22.4 Å². The lowest BCUT2D eigenvalue weighted by molar-refractivity contribution is 1.17. The third kappa shape index (κ3) is 4.28. The van der Waals surface area contributed by atoms with E-state index in [1.807, 2.05) is 11.3 Å². The maximum absolute atomic E-state index is 5.59. The number of aromatic nitrogens is 2. The van der Waals surface area contributed by atoms with Crippen molar-refractivity contribution in [2.24, 2.45) is 0 Å². The van der Waals surface area contributed by atoms with Crippen LogP contribution in [0, 0.1) is 0 Å². The van der Waals surface area contributed by atoms with Gasteiger partial charge < -0.3 is 0 Å². The van der Waals surface area contributed by atoms with Crippen molar-refractivity contribution in [3.63, 3.8) is 0 Å². The minimum atomic E-state index is -1.17. The smallest absolute Gasteiger partial charge is 0.235 e. The van der Waals surface area contributed by atoms with Gasteiger partial charge in [-0.1, -0.05) is 158 Å². The highest BCUT2D eigenvalue weighted by molar-refractivity contribution is 7.75. The van der Waals surface area contributed by atoms with Crippen LogP contribution in [0.15, 0.2) is 170 Å². The molecule has 1 atom stereocenters. The molecule has 0 saturated heterocycles. The predicted octanol–water partition coefficient (Wildman–Crippen LogP) is 12.1. The Morgan fingerprint density at radius 3 is 1.96 bits per heavy atom. The number of benzene rings is 8. The minimum Gasteiger partial charge on any atom is -0.279 e. The van der Waals surface area contributed by atoms with E-state index in [4.69, 9.17) is 9.97 Å². The topological polar surface area (TPSA) is 29.0 Å². The zero-order valence-corrected chi connectivity index (χ0v) is 29.1. The molecule has 1 unspecified atom stereocenters. The highest BCUT2D eigenvalue weighted by Crippen LogP contribution is 2.62.